The van der Waals surface area contributed by atoms with E-state index >= 15 is 0 Å². The Morgan fingerprint density at radius 2 is 1.88 bits per heavy atom. The van der Waals surface area contributed by atoms with E-state index in [1.807, 2.05) is 4.90 Å². The van der Waals surface area contributed by atoms with Gasteiger partial charge in [-0.15, -0.1) is 0 Å². The standard InChI is InChI=1S/C18H25NO6/c1-5-23-16(20)13-7-6-8-14(24-17(21)25-18(2,3)4)15(13)19-9-11-22-12-10-19/h6-8H,5,9-12H2,1-4H3. The van der Waals surface area contributed by atoms with Gasteiger partial charge in [-0.3, -0.25) is 0 Å². The number of hydrogen-bond donors (Lipinski definition) is 0. The van der Waals surface area contributed by atoms with Crippen molar-refractivity contribution < 1.29 is 28.5 Å². The highest BCUT2D eigenvalue weighted by Gasteiger charge is 2.26. The Hall–Kier alpha value is -2.28. The van der Waals surface area contributed by atoms with Crippen molar-refractivity contribution in [2.75, 3.05) is 37.8 Å². The Labute approximate surface area is 147 Å². The number of anilines is 1. The number of ether oxygens (including phenoxy) is 4. The molecule has 0 radical (unpaired) electrons. The van der Waals surface area contributed by atoms with Crippen molar-refractivity contribution in [3.63, 3.8) is 0 Å². The number of nitrogens with zero attached hydrogens (tertiary/aromatic N) is 1. The molecule has 1 aliphatic heterocycles. The largest absolute Gasteiger partial charge is 0.514 e. The highest BCUT2D eigenvalue weighted by Crippen LogP contribution is 2.34. The molecule has 0 atom stereocenters. The second-order valence-corrected chi connectivity index (χ2v) is 6.54. The Morgan fingerprint density at radius 1 is 1.20 bits per heavy atom. The molecular weight excluding hydrogens is 326 g/mol. The first kappa shape index (κ1) is 19.1. The van der Waals surface area contributed by atoms with E-state index in [0.29, 0.717) is 37.6 Å². The molecule has 1 saturated heterocycles. The average molecular weight is 351 g/mol. The molecule has 0 saturated carbocycles. The van der Waals surface area contributed by atoms with Crippen LogP contribution in [0.1, 0.15) is 38.1 Å². The predicted octanol–water partition coefficient (Wildman–Crippen LogP) is 3.01. The number of benzene rings is 1. The third kappa shape index (κ3) is 5.35. The fourth-order valence-corrected chi connectivity index (χ4v) is 2.45. The van der Waals surface area contributed by atoms with Crippen molar-refractivity contribution in [2.24, 2.45) is 0 Å². The van der Waals surface area contributed by atoms with Gasteiger partial charge < -0.3 is 23.8 Å². The van der Waals surface area contributed by atoms with Crippen molar-refractivity contribution in [2.45, 2.75) is 33.3 Å². The van der Waals surface area contributed by atoms with Gasteiger partial charge in [0.05, 0.1) is 31.1 Å². The van der Waals surface area contributed by atoms with E-state index in [-0.39, 0.29) is 12.4 Å². The van der Waals surface area contributed by atoms with Crippen LogP contribution in [-0.2, 0) is 14.2 Å². The summed E-state index contributed by atoms with van der Waals surface area (Å²) in [6.07, 6.45) is -0.817. The van der Waals surface area contributed by atoms with Gasteiger partial charge in [0.15, 0.2) is 5.75 Å². The van der Waals surface area contributed by atoms with Gasteiger partial charge in [0.1, 0.15) is 5.60 Å². The molecule has 0 amide bonds. The fraction of sp³-hybridized carbons (Fsp3) is 0.556. The molecule has 138 valence electrons. The number of carbonyl (C=O) groups excluding carboxylic acids is 2. The zero-order valence-corrected chi connectivity index (χ0v) is 15.2. The fourth-order valence-electron chi connectivity index (χ4n) is 2.45. The second kappa shape index (κ2) is 8.20. The lowest BCUT2D eigenvalue weighted by atomic mass is 10.1. The third-order valence-electron chi connectivity index (χ3n) is 3.40. The van der Waals surface area contributed by atoms with Crippen molar-refractivity contribution in [3.8, 4) is 5.75 Å². The van der Waals surface area contributed by atoms with E-state index in [9.17, 15) is 9.59 Å². The molecule has 1 aromatic carbocycles. The minimum Gasteiger partial charge on any atom is -0.462 e. The number of hydrogen-bond acceptors (Lipinski definition) is 7. The van der Waals surface area contributed by atoms with Gasteiger partial charge in [0.25, 0.3) is 0 Å². The van der Waals surface area contributed by atoms with Gasteiger partial charge in [0.2, 0.25) is 0 Å². The number of morpholine rings is 1. The topological polar surface area (TPSA) is 74.3 Å². The van der Waals surface area contributed by atoms with Gasteiger partial charge in [-0.1, -0.05) is 6.07 Å². The van der Waals surface area contributed by atoms with E-state index in [1.165, 1.54) is 0 Å². The van der Waals surface area contributed by atoms with Gasteiger partial charge in [-0.25, -0.2) is 9.59 Å². The second-order valence-electron chi connectivity index (χ2n) is 6.54. The van der Waals surface area contributed by atoms with Crippen LogP contribution in [0.25, 0.3) is 0 Å². The Bertz CT molecular complexity index is 616. The van der Waals surface area contributed by atoms with Crippen LogP contribution >= 0.6 is 0 Å². The zero-order chi connectivity index (χ0) is 18.4. The number of para-hydroxylation sites is 1. The molecule has 7 nitrogen and oxygen atoms in total. The number of rotatable bonds is 4. The van der Waals surface area contributed by atoms with Crippen LogP contribution in [0.2, 0.25) is 0 Å². The number of esters is 1. The van der Waals surface area contributed by atoms with Crippen LogP contribution in [-0.4, -0.2) is 50.6 Å². The van der Waals surface area contributed by atoms with Gasteiger partial charge >= 0.3 is 12.1 Å². The molecule has 25 heavy (non-hydrogen) atoms. The van der Waals surface area contributed by atoms with Crippen molar-refractivity contribution in [1.82, 2.24) is 0 Å². The summed E-state index contributed by atoms with van der Waals surface area (Å²) in [4.78, 5) is 26.3. The molecule has 0 N–H and O–H groups in total. The van der Waals surface area contributed by atoms with Crippen LogP contribution < -0.4 is 9.64 Å². The van der Waals surface area contributed by atoms with Crippen molar-refractivity contribution >= 4 is 17.8 Å². The van der Waals surface area contributed by atoms with E-state index in [0.717, 1.165) is 0 Å². The summed E-state index contributed by atoms with van der Waals surface area (Å²) in [5.74, 6) is -0.194. The summed E-state index contributed by atoms with van der Waals surface area (Å²) in [6, 6.07) is 4.94. The Balaban J connectivity index is 2.35. The maximum Gasteiger partial charge on any atom is 0.514 e. The quantitative estimate of drug-likeness (QED) is 0.610. The summed E-state index contributed by atoms with van der Waals surface area (Å²) in [6.45, 7) is 9.50. The van der Waals surface area contributed by atoms with E-state index in [1.54, 1.807) is 45.9 Å². The molecule has 1 aliphatic rings. The van der Waals surface area contributed by atoms with Crippen LogP contribution in [0.3, 0.4) is 0 Å². The highest BCUT2D eigenvalue weighted by molar-refractivity contribution is 5.98. The molecule has 1 fully saturated rings. The summed E-state index contributed by atoms with van der Waals surface area (Å²) >= 11 is 0. The van der Waals surface area contributed by atoms with E-state index < -0.39 is 17.7 Å². The lowest BCUT2D eigenvalue weighted by Gasteiger charge is -2.31. The summed E-state index contributed by atoms with van der Waals surface area (Å²) in [7, 11) is 0. The molecule has 1 heterocycles. The Kier molecular flexibility index (Phi) is 6.25. The molecule has 7 heteroatoms. The maximum atomic E-state index is 12.3. The molecule has 1 aromatic rings. The lowest BCUT2D eigenvalue weighted by molar-refractivity contribution is 0.0205. The van der Waals surface area contributed by atoms with Crippen LogP contribution in [0, 0.1) is 0 Å². The Morgan fingerprint density at radius 3 is 2.48 bits per heavy atom. The summed E-state index contributed by atoms with van der Waals surface area (Å²) < 4.78 is 21.1. The first-order valence-electron chi connectivity index (χ1n) is 8.35. The van der Waals surface area contributed by atoms with E-state index in [4.69, 9.17) is 18.9 Å². The molecule has 0 unspecified atom stereocenters. The average Bonchev–Trinajstić information content (AvgIpc) is 2.54. The molecular formula is C18H25NO6. The first-order valence-corrected chi connectivity index (χ1v) is 8.35. The van der Waals surface area contributed by atoms with Crippen molar-refractivity contribution in [1.29, 1.82) is 0 Å². The summed E-state index contributed by atoms with van der Waals surface area (Å²) in [5, 5.41) is 0. The van der Waals surface area contributed by atoms with Gasteiger partial charge in [0, 0.05) is 13.1 Å². The molecule has 0 bridgehead atoms. The minimum absolute atomic E-state index is 0.262. The van der Waals surface area contributed by atoms with Crippen LogP contribution in [0.5, 0.6) is 5.75 Å². The van der Waals surface area contributed by atoms with Crippen LogP contribution in [0.4, 0.5) is 10.5 Å². The van der Waals surface area contributed by atoms with E-state index in [2.05, 4.69) is 0 Å². The van der Waals surface area contributed by atoms with Gasteiger partial charge in [-0.05, 0) is 39.8 Å². The number of carbonyl (C=O) groups is 2. The molecule has 0 spiro atoms. The lowest BCUT2D eigenvalue weighted by Crippen LogP contribution is -2.37. The van der Waals surface area contributed by atoms with Crippen LogP contribution in [0.15, 0.2) is 18.2 Å². The predicted molar refractivity (Wildman–Crippen MR) is 92.3 cm³/mol. The maximum absolute atomic E-state index is 12.3. The molecule has 0 aliphatic carbocycles. The summed E-state index contributed by atoms with van der Waals surface area (Å²) in [5.41, 5.74) is 0.203. The molecule has 0 aromatic heterocycles. The first-order chi connectivity index (χ1) is 11.8. The van der Waals surface area contributed by atoms with Crippen molar-refractivity contribution in [3.05, 3.63) is 23.8 Å². The monoisotopic (exact) mass is 351 g/mol. The smallest absolute Gasteiger partial charge is 0.462 e. The SMILES string of the molecule is CCOC(=O)c1cccc(OC(=O)OC(C)(C)C)c1N1CCOCC1. The third-order valence-corrected chi connectivity index (χ3v) is 3.40. The van der Waals surface area contributed by atoms with Gasteiger partial charge in [-0.2, -0.15) is 0 Å². The zero-order valence-electron chi connectivity index (χ0n) is 15.2. The highest BCUT2D eigenvalue weighted by atomic mass is 16.7. The molecule has 2 rings (SSSR count). The normalized spacial score (nSPS) is 14.8. The minimum atomic E-state index is -0.817.